The summed E-state index contributed by atoms with van der Waals surface area (Å²) in [5.74, 6) is -0.0292. The van der Waals surface area contributed by atoms with Crippen molar-refractivity contribution in [1.82, 2.24) is 0 Å². The molecule has 1 aliphatic rings. The highest BCUT2D eigenvalue weighted by Crippen LogP contribution is 2.36. The number of halogens is 1. The van der Waals surface area contributed by atoms with Gasteiger partial charge in [-0.15, -0.1) is 0 Å². The van der Waals surface area contributed by atoms with Gasteiger partial charge in [-0.25, -0.2) is 9.18 Å². The predicted molar refractivity (Wildman–Crippen MR) is 91.0 cm³/mol. The number of carbonyl (C=O) groups excluding carboxylic acids is 1. The fraction of sp³-hybridized carbons (Fsp3) is 0.316. The maximum absolute atomic E-state index is 13.2. The minimum atomic E-state index is -0.844. The van der Waals surface area contributed by atoms with Crippen LogP contribution in [0.5, 0.6) is 5.75 Å². The molecule has 1 heterocycles. The van der Waals surface area contributed by atoms with Gasteiger partial charge < -0.3 is 19.1 Å². The van der Waals surface area contributed by atoms with Gasteiger partial charge in [0.05, 0.1) is 26.4 Å². The molecule has 0 spiro atoms. The van der Waals surface area contributed by atoms with E-state index in [-0.39, 0.29) is 18.5 Å². The third-order valence-electron chi connectivity index (χ3n) is 4.11. The number of esters is 1. The summed E-state index contributed by atoms with van der Waals surface area (Å²) in [5, 5.41) is 0. The number of carbonyl (C=O) groups is 1. The Kier molecular flexibility index (Phi) is 5.19. The molecule has 0 radical (unpaired) electrons. The minimum absolute atomic E-state index is 0.219. The second-order valence-corrected chi connectivity index (χ2v) is 5.61. The van der Waals surface area contributed by atoms with Crippen molar-refractivity contribution in [3.8, 4) is 5.75 Å². The third kappa shape index (κ3) is 3.58. The SMILES string of the molecule is CCOC(=O)C1OCC(c2ccc(F)cc2)N1c1ccc(OC)cc1. The molecule has 5 nitrogen and oxygen atoms in total. The summed E-state index contributed by atoms with van der Waals surface area (Å²) in [6.45, 7) is 2.33. The second kappa shape index (κ2) is 7.53. The van der Waals surface area contributed by atoms with Crippen molar-refractivity contribution < 1.29 is 23.4 Å². The smallest absolute Gasteiger partial charge is 0.356 e. The Morgan fingerprint density at radius 1 is 1.20 bits per heavy atom. The number of methoxy groups -OCH3 is 1. The number of nitrogens with zero attached hydrogens (tertiary/aromatic N) is 1. The molecule has 2 aromatic rings. The average molecular weight is 345 g/mol. The normalized spacial score (nSPS) is 19.7. The van der Waals surface area contributed by atoms with Crippen LogP contribution in [0.25, 0.3) is 0 Å². The molecule has 1 aliphatic heterocycles. The zero-order chi connectivity index (χ0) is 17.8. The summed E-state index contributed by atoms with van der Waals surface area (Å²) >= 11 is 0. The Bertz CT molecular complexity index is 717. The first-order valence-electron chi connectivity index (χ1n) is 8.10. The number of hydrogen-bond acceptors (Lipinski definition) is 5. The van der Waals surface area contributed by atoms with Crippen molar-refractivity contribution in [3.63, 3.8) is 0 Å². The molecular weight excluding hydrogens is 325 g/mol. The van der Waals surface area contributed by atoms with Gasteiger partial charge >= 0.3 is 5.97 Å². The first-order chi connectivity index (χ1) is 12.1. The van der Waals surface area contributed by atoms with Crippen LogP contribution in [0.3, 0.4) is 0 Å². The van der Waals surface area contributed by atoms with Crippen LogP contribution >= 0.6 is 0 Å². The maximum atomic E-state index is 13.2. The number of rotatable bonds is 5. The molecule has 2 unspecified atom stereocenters. The molecule has 0 aliphatic carbocycles. The van der Waals surface area contributed by atoms with E-state index in [0.717, 1.165) is 17.0 Å². The molecule has 0 amide bonds. The largest absolute Gasteiger partial charge is 0.497 e. The molecule has 3 rings (SSSR count). The zero-order valence-electron chi connectivity index (χ0n) is 14.1. The predicted octanol–water partition coefficient (Wildman–Crippen LogP) is 3.30. The lowest BCUT2D eigenvalue weighted by Crippen LogP contribution is -2.39. The molecule has 2 atom stereocenters. The summed E-state index contributed by atoms with van der Waals surface area (Å²) in [5.41, 5.74) is 1.66. The van der Waals surface area contributed by atoms with Gasteiger partial charge in [-0.1, -0.05) is 12.1 Å². The molecule has 0 saturated carbocycles. The van der Waals surface area contributed by atoms with Gasteiger partial charge in [-0.05, 0) is 48.9 Å². The van der Waals surface area contributed by atoms with Crippen molar-refractivity contribution in [2.24, 2.45) is 0 Å². The van der Waals surface area contributed by atoms with Crippen molar-refractivity contribution in [2.75, 3.05) is 25.2 Å². The highest BCUT2D eigenvalue weighted by Gasteiger charge is 2.40. The van der Waals surface area contributed by atoms with E-state index in [1.54, 1.807) is 26.2 Å². The standard InChI is InChI=1S/C19H20FNO4/c1-3-24-19(22)18-21(15-8-10-16(23-2)11-9-15)17(12-25-18)13-4-6-14(20)7-5-13/h4-11,17-18H,3,12H2,1-2H3. The van der Waals surface area contributed by atoms with E-state index < -0.39 is 12.2 Å². The summed E-state index contributed by atoms with van der Waals surface area (Å²) in [6, 6.07) is 13.3. The van der Waals surface area contributed by atoms with Crippen LogP contribution in [0, 0.1) is 5.82 Å². The van der Waals surface area contributed by atoms with E-state index >= 15 is 0 Å². The molecule has 2 aromatic carbocycles. The fourth-order valence-corrected chi connectivity index (χ4v) is 2.91. The van der Waals surface area contributed by atoms with Crippen molar-refractivity contribution in [2.45, 2.75) is 19.2 Å². The third-order valence-corrected chi connectivity index (χ3v) is 4.11. The molecule has 132 valence electrons. The summed E-state index contributed by atoms with van der Waals surface area (Å²) in [4.78, 5) is 14.2. The summed E-state index contributed by atoms with van der Waals surface area (Å²) in [7, 11) is 1.59. The molecule has 6 heteroatoms. The minimum Gasteiger partial charge on any atom is -0.497 e. The van der Waals surface area contributed by atoms with Crippen LogP contribution in [0.15, 0.2) is 48.5 Å². The van der Waals surface area contributed by atoms with Gasteiger partial charge in [0.1, 0.15) is 11.6 Å². The second-order valence-electron chi connectivity index (χ2n) is 5.61. The van der Waals surface area contributed by atoms with Crippen LogP contribution in [0.4, 0.5) is 10.1 Å². The van der Waals surface area contributed by atoms with Gasteiger partial charge in [-0.3, -0.25) is 0 Å². The van der Waals surface area contributed by atoms with Crippen molar-refractivity contribution in [3.05, 3.63) is 59.9 Å². The van der Waals surface area contributed by atoms with Crippen LogP contribution in [0.1, 0.15) is 18.5 Å². The highest BCUT2D eigenvalue weighted by molar-refractivity contribution is 5.79. The number of anilines is 1. The number of benzene rings is 2. The summed E-state index contributed by atoms with van der Waals surface area (Å²) in [6.07, 6.45) is -0.844. The molecule has 1 saturated heterocycles. The maximum Gasteiger partial charge on any atom is 0.356 e. The average Bonchev–Trinajstić information content (AvgIpc) is 3.08. The monoisotopic (exact) mass is 345 g/mol. The van der Waals surface area contributed by atoms with Gasteiger partial charge in [0.2, 0.25) is 6.23 Å². The number of ether oxygens (including phenoxy) is 3. The molecule has 0 N–H and O–H groups in total. The molecule has 0 bridgehead atoms. The van der Waals surface area contributed by atoms with Gasteiger partial charge in [0, 0.05) is 5.69 Å². The van der Waals surface area contributed by atoms with Gasteiger partial charge in [-0.2, -0.15) is 0 Å². The van der Waals surface area contributed by atoms with Crippen molar-refractivity contribution >= 4 is 11.7 Å². The first-order valence-corrected chi connectivity index (χ1v) is 8.10. The topological polar surface area (TPSA) is 48.0 Å². The van der Waals surface area contributed by atoms with Gasteiger partial charge in [0.25, 0.3) is 0 Å². The van der Waals surface area contributed by atoms with Crippen LogP contribution in [0.2, 0.25) is 0 Å². The Hall–Kier alpha value is -2.60. The van der Waals surface area contributed by atoms with Gasteiger partial charge in [0.15, 0.2) is 0 Å². The lowest BCUT2D eigenvalue weighted by Gasteiger charge is -2.29. The quantitative estimate of drug-likeness (QED) is 0.778. The fourth-order valence-electron chi connectivity index (χ4n) is 2.91. The lowest BCUT2D eigenvalue weighted by molar-refractivity contribution is -0.153. The Morgan fingerprint density at radius 3 is 2.48 bits per heavy atom. The Morgan fingerprint density at radius 2 is 1.88 bits per heavy atom. The highest BCUT2D eigenvalue weighted by atomic mass is 19.1. The summed E-state index contributed by atoms with van der Waals surface area (Å²) < 4.78 is 29.3. The lowest BCUT2D eigenvalue weighted by atomic mass is 10.1. The van der Waals surface area contributed by atoms with E-state index in [0.29, 0.717) is 6.61 Å². The molecule has 25 heavy (non-hydrogen) atoms. The van der Waals surface area contributed by atoms with Crippen LogP contribution in [-0.4, -0.2) is 32.5 Å². The number of hydrogen-bond donors (Lipinski definition) is 0. The van der Waals surface area contributed by atoms with E-state index in [1.165, 1.54) is 12.1 Å². The van der Waals surface area contributed by atoms with E-state index in [9.17, 15) is 9.18 Å². The molecule has 1 fully saturated rings. The molecule has 0 aromatic heterocycles. The Labute approximate surface area is 145 Å². The molecular formula is C19H20FNO4. The zero-order valence-corrected chi connectivity index (χ0v) is 14.1. The first kappa shape index (κ1) is 17.2. The van der Waals surface area contributed by atoms with E-state index in [1.807, 2.05) is 29.2 Å². The van der Waals surface area contributed by atoms with E-state index in [4.69, 9.17) is 14.2 Å². The van der Waals surface area contributed by atoms with Crippen LogP contribution < -0.4 is 9.64 Å². The van der Waals surface area contributed by atoms with E-state index in [2.05, 4.69) is 0 Å². The Balaban J connectivity index is 1.96. The van der Waals surface area contributed by atoms with Crippen molar-refractivity contribution in [1.29, 1.82) is 0 Å². The van der Waals surface area contributed by atoms with Crippen LogP contribution in [-0.2, 0) is 14.3 Å².